The van der Waals surface area contributed by atoms with E-state index in [0.717, 1.165) is 15.8 Å². The van der Waals surface area contributed by atoms with Crippen LogP contribution in [0.1, 0.15) is 35.9 Å². The summed E-state index contributed by atoms with van der Waals surface area (Å²) in [4.78, 5) is 0. The molecule has 0 N–H and O–H groups in total. The summed E-state index contributed by atoms with van der Waals surface area (Å²) in [6.07, 6.45) is 0. The van der Waals surface area contributed by atoms with Gasteiger partial charge >= 0.3 is 82.2 Å². The van der Waals surface area contributed by atoms with Gasteiger partial charge in [-0.15, -0.1) is 0 Å². The van der Waals surface area contributed by atoms with Crippen molar-refractivity contribution in [2.45, 2.75) is 48.6 Å². The molecule has 0 nitrogen and oxygen atoms in total. The summed E-state index contributed by atoms with van der Waals surface area (Å²) in [5.74, 6) is 0. The van der Waals surface area contributed by atoms with Crippen molar-refractivity contribution in [1.29, 1.82) is 0 Å². The van der Waals surface area contributed by atoms with Crippen molar-refractivity contribution in [2.75, 3.05) is 0 Å². The van der Waals surface area contributed by atoms with Crippen molar-refractivity contribution in [2.24, 2.45) is 0 Å². The Kier molecular flexibility index (Phi) is 2.40. The molecule has 0 rings (SSSR count). The predicted octanol–water partition coefficient (Wildman–Crippen LogP) is 4.07. The Balaban J connectivity index is 5.59. The average molecular weight is 221 g/mol. The van der Waals surface area contributed by atoms with Gasteiger partial charge in [0.15, 0.2) is 0 Å². The molecule has 0 fully saturated rings. The Morgan fingerprint density at radius 2 is 1.91 bits per heavy atom. The van der Waals surface area contributed by atoms with Crippen LogP contribution in [0.25, 0.3) is 0 Å². The minimum atomic E-state index is -2.88. The van der Waals surface area contributed by atoms with Crippen molar-refractivity contribution in [3.05, 3.63) is 12.1 Å². The van der Waals surface area contributed by atoms with Crippen molar-refractivity contribution in [3.8, 4) is 0 Å². The summed E-state index contributed by atoms with van der Waals surface area (Å²) in [5, 5.41) is 0.513. The third-order valence-corrected chi connectivity index (χ3v) is 12.3. The molecule has 0 saturated carbocycles. The van der Waals surface area contributed by atoms with Crippen LogP contribution in [0.15, 0.2) is 12.1 Å². The molecule has 0 aliphatic heterocycles. The first-order chi connectivity index (χ1) is 7.70. The molecule has 1 heteroatoms. The summed E-state index contributed by atoms with van der Waals surface area (Å²) in [6.45, 7) is 4.31. The van der Waals surface area contributed by atoms with Crippen LogP contribution in [0.2, 0.25) is 21.0 Å². The predicted molar refractivity (Wildman–Crippen MR) is 56.8 cm³/mol. The van der Waals surface area contributed by atoms with Crippen molar-refractivity contribution in [1.82, 2.24) is 0 Å². The number of allylic oxidation sites excluding steroid dienone is 2. The second-order valence-electron chi connectivity index (χ2n) is 2.74. The van der Waals surface area contributed by atoms with Crippen molar-refractivity contribution >= 4 is 13.3 Å². The molecule has 0 bridgehead atoms. The molecule has 0 spiro atoms. The standard InChI is InChI=1S/C10H22Ge/c1-5-9-10-11(6-2,7-3)8-4/h5,9H,6-8,10H2,1-4H3/b9-5+/i1D2,5D,9D,10D2. The Labute approximate surface area is 82.9 Å². The van der Waals surface area contributed by atoms with Gasteiger partial charge in [-0.1, -0.05) is 0 Å². The van der Waals surface area contributed by atoms with Gasteiger partial charge in [-0.25, -0.2) is 0 Å². The first-order valence-corrected chi connectivity index (χ1v) is 9.72. The molecule has 0 aromatic carbocycles. The molecule has 0 atom stereocenters. The van der Waals surface area contributed by atoms with Gasteiger partial charge in [0, 0.05) is 0 Å². The molecule has 0 aliphatic carbocycles. The Morgan fingerprint density at radius 3 is 2.27 bits per heavy atom. The first-order valence-electron chi connectivity index (χ1n) is 7.38. The van der Waals surface area contributed by atoms with Gasteiger partial charge in [-0.3, -0.25) is 0 Å². The van der Waals surface area contributed by atoms with Crippen LogP contribution in [0.5, 0.6) is 0 Å². The Morgan fingerprint density at radius 1 is 1.36 bits per heavy atom. The van der Waals surface area contributed by atoms with E-state index >= 15 is 0 Å². The van der Waals surface area contributed by atoms with E-state index in [0.29, 0.717) is 0 Å². The van der Waals surface area contributed by atoms with E-state index in [-0.39, 0.29) is 0 Å². The van der Waals surface area contributed by atoms with E-state index in [9.17, 15) is 0 Å². The summed E-state index contributed by atoms with van der Waals surface area (Å²) < 4.78 is 45.9. The third-order valence-electron chi connectivity index (χ3n) is 2.43. The van der Waals surface area contributed by atoms with Crippen LogP contribution in [-0.4, -0.2) is 13.3 Å². The van der Waals surface area contributed by atoms with Crippen LogP contribution in [0, 0.1) is 0 Å². The normalized spacial score (nSPS) is 24.0. The van der Waals surface area contributed by atoms with E-state index in [4.69, 9.17) is 8.22 Å². The van der Waals surface area contributed by atoms with Crippen LogP contribution in [0.4, 0.5) is 0 Å². The number of hydrogen-bond donors (Lipinski definition) is 0. The quantitative estimate of drug-likeness (QED) is 0.484. The van der Waals surface area contributed by atoms with Crippen LogP contribution in [-0.2, 0) is 0 Å². The molecule has 66 valence electrons. The summed E-state index contributed by atoms with van der Waals surface area (Å²) >= 11 is -2.88. The van der Waals surface area contributed by atoms with Gasteiger partial charge < -0.3 is 0 Å². The molecule has 0 aliphatic rings. The second kappa shape index (κ2) is 5.87. The van der Waals surface area contributed by atoms with Crippen LogP contribution in [0.3, 0.4) is 0 Å². The Bertz CT molecular complexity index is 274. The maximum atomic E-state index is 8.18. The van der Waals surface area contributed by atoms with Gasteiger partial charge in [-0.05, 0) is 0 Å². The van der Waals surface area contributed by atoms with Gasteiger partial charge in [-0.2, -0.15) is 0 Å². The summed E-state index contributed by atoms with van der Waals surface area (Å²) in [5.41, 5.74) is 0. The zero-order valence-electron chi connectivity index (χ0n) is 13.7. The molecule has 0 amide bonds. The van der Waals surface area contributed by atoms with Crippen molar-refractivity contribution < 1.29 is 8.22 Å². The topological polar surface area (TPSA) is 0 Å². The molecular weight excluding hydrogens is 193 g/mol. The van der Waals surface area contributed by atoms with Crippen LogP contribution >= 0.6 is 0 Å². The van der Waals surface area contributed by atoms with Gasteiger partial charge in [0.25, 0.3) is 0 Å². The Hall–Kier alpha value is 0.283. The molecule has 0 radical (unpaired) electrons. The van der Waals surface area contributed by atoms with Gasteiger partial charge in [0.2, 0.25) is 0 Å². The fraction of sp³-hybridized carbons (Fsp3) is 0.800. The molecule has 0 heterocycles. The SMILES string of the molecule is [2H]/C(=C(/[2H])[C]([2H])([2H])[Ge]([CH2]C)([CH2]C)[CH2]C)C([2H])[2H]. The second-order valence-corrected chi connectivity index (χ2v) is 13.1. The summed E-state index contributed by atoms with van der Waals surface area (Å²) in [7, 11) is 0. The number of rotatable bonds is 5. The van der Waals surface area contributed by atoms with E-state index in [1.165, 1.54) is 0 Å². The van der Waals surface area contributed by atoms with E-state index in [1.54, 1.807) is 0 Å². The van der Waals surface area contributed by atoms with Crippen molar-refractivity contribution in [3.63, 3.8) is 0 Å². The van der Waals surface area contributed by atoms with E-state index in [2.05, 4.69) is 0 Å². The van der Waals surface area contributed by atoms with Gasteiger partial charge in [0.05, 0.1) is 0 Å². The zero-order chi connectivity index (χ0) is 13.9. The van der Waals surface area contributed by atoms with Gasteiger partial charge in [0.1, 0.15) is 0 Å². The zero-order valence-corrected chi connectivity index (χ0v) is 9.80. The molecule has 0 unspecified atom stereocenters. The molecule has 0 saturated heterocycles. The fourth-order valence-electron chi connectivity index (χ4n) is 1.18. The van der Waals surface area contributed by atoms with E-state index < -0.39 is 37.5 Å². The fourth-order valence-corrected chi connectivity index (χ4v) is 6.15. The molecule has 0 aromatic heterocycles. The molecular formula is C10H22Ge. The number of hydrogen-bond acceptors (Lipinski definition) is 0. The molecule has 0 aromatic rings. The van der Waals surface area contributed by atoms with Crippen LogP contribution < -0.4 is 0 Å². The average Bonchev–Trinajstić information content (AvgIpc) is 2.29. The third kappa shape index (κ3) is 3.46. The monoisotopic (exact) mass is 222 g/mol. The maximum absolute atomic E-state index is 8.18. The molecule has 11 heavy (non-hydrogen) atoms. The first kappa shape index (κ1) is 4.50. The summed E-state index contributed by atoms with van der Waals surface area (Å²) in [6, 6.07) is -0.932. The van der Waals surface area contributed by atoms with E-state index in [1.807, 2.05) is 20.8 Å². The minimum absolute atomic E-state index is 0.432.